The first-order chi connectivity index (χ1) is 12.7. The van der Waals surface area contributed by atoms with Crippen LogP contribution < -0.4 is 0 Å². The molecule has 0 aromatic rings. The Morgan fingerprint density at radius 1 is 1.04 bits per heavy atom. The molecule has 4 N–H and O–H groups in total. The molecule has 27 heavy (non-hydrogen) atoms. The Balaban J connectivity index is 2.38. The highest BCUT2D eigenvalue weighted by Crippen LogP contribution is 2.26. The second-order valence-electron chi connectivity index (χ2n) is 6.67. The number of aliphatic hydroxyl groups excluding tert-OH is 2. The van der Waals surface area contributed by atoms with E-state index in [1.54, 1.807) is 0 Å². The van der Waals surface area contributed by atoms with E-state index in [-0.39, 0.29) is 6.61 Å². The Morgan fingerprint density at radius 3 is 2.04 bits per heavy atom. The molecule has 3 atom stereocenters. The van der Waals surface area contributed by atoms with Crippen molar-refractivity contribution < 1.29 is 42.0 Å². The first-order valence-electron chi connectivity index (χ1n) is 9.31. The number of unbranched alkanes of at least 4 members (excludes halogenated alkanes) is 8. The van der Waals surface area contributed by atoms with Crippen molar-refractivity contribution in [1.29, 1.82) is 0 Å². The Morgan fingerprint density at radius 2 is 1.56 bits per heavy atom. The summed E-state index contributed by atoms with van der Waals surface area (Å²) in [5.74, 6) is -1.84. The fraction of sp³-hybridized carbons (Fsp3) is 0.824. The van der Waals surface area contributed by atoms with Crippen molar-refractivity contribution in [2.45, 2.75) is 82.5 Å². The van der Waals surface area contributed by atoms with E-state index in [2.05, 4.69) is 4.18 Å². The third-order valence-electron chi connectivity index (χ3n) is 4.39. The highest BCUT2D eigenvalue weighted by molar-refractivity contribution is 7.80. The Hall–Kier alpha value is -1.20. The lowest BCUT2D eigenvalue weighted by Gasteiger charge is -2.32. The summed E-state index contributed by atoms with van der Waals surface area (Å²) in [6.45, 7) is 0.235. The van der Waals surface area contributed by atoms with Crippen LogP contribution in [0.5, 0.6) is 0 Å². The van der Waals surface area contributed by atoms with E-state index in [0.717, 1.165) is 57.4 Å². The van der Waals surface area contributed by atoms with Crippen LogP contribution in [0.25, 0.3) is 0 Å². The summed E-state index contributed by atoms with van der Waals surface area (Å²) in [5, 5.41) is 27.7. The number of aliphatic carboxylic acids is 1. The number of ether oxygens (including phenoxy) is 1. The molecule has 0 radical (unpaired) electrons. The molecule has 0 saturated carbocycles. The highest BCUT2D eigenvalue weighted by Gasteiger charge is 2.39. The van der Waals surface area contributed by atoms with E-state index in [4.69, 9.17) is 19.5 Å². The topological polar surface area (TPSA) is 151 Å². The molecule has 0 bridgehead atoms. The molecule has 9 nitrogen and oxygen atoms in total. The lowest BCUT2D eigenvalue weighted by atomic mass is 9.98. The standard InChI is InChI=1S/C17H30O9S/c18-11-9-7-5-3-1-2-4-6-8-10-14-16(26-27(22,23)24)13(19)12-15(25-14)17(20)21/h12-14,16,18-19H,1-11H2,(H,20,21)(H,22,23,24)/t13-,14+,16?/m1/s1. The molecule has 158 valence electrons. The molecule has 1 unspecified atom stereocenters. The lowest BCUT2D eigenvalue weighted by molar-refractivity contribution is -0.142. The molecule has 0 aromatic heterocycles. The zero-order valence-corrected chi connectivity index (χ0v) is 16.1. The molecule has 0 spiro atoms. The van der Waals surface area contributed by atoms with Crippen LogP contribution in [0.3, 0.4) is 0 Å². The number of rotatable bonds is 14. The van der Waals surface area contributed by atoms with Crippen LogP contribution >= 0.6 is 0 Å². The van der Waals surface area contributed by atoms with Crippen molar-refractivity contribution in [2.75, 3.05) is 6.61 Å². The number of carboxylic acids is 1. The first kappa shape index (κ1) is 23.8. The highest BCUT2D eigenvalue weighted by atomic mass is 32.3. The molecule has 1 heterocycles. The van der Waals surface area contributed by atoms with E-state index in [9.17, 15) is 18.3 Å². The summed E-state index contributed by atoms with van der Waals surface area (Å²) in [7, 11) is -4.81. The van der Waals surface area contributed by atoms with Gasteiger partial charge < -0.3 is 20.1 Å². The van der Waals surface area contributed by atoms with E-state index in [1.807, 2.05) is 0 Å². The van der Waals surface area contributed by atoms with Gasteiger partial charge >= 0.3 is 16.4 Å². The van der Waals surface area contributed by atoms with Crippen LogP contribution in [0.1, 0.15) is 64.2 Å². The molecule has 0 fully saturated rings. The predicted octanol–water partition coefficient (Wildman–Crippen LogP) is 1.80. The Labute approximate surface area is 159 Å². The van der Waals surface area contributed by atoms with E-state index in [0.29, 0.717) is 12.8 Å². The quantitative estimate of drug-likeness (QED) is 0.248. The minimum atomic E-state index is -4.81. The predicted molar refractivity (Wildman–Crippen MR) is 96.3 cm³/mol. The summed E-state index contributed by atoms with van der Waals surface area (Å²) >= 11 is 0. The van der Waals surface area contributed by atoms with Crippen LogP contribution in [0.2, 0.25) is 0 Å². The van der Waals surface area contributed by atoms with Crippen molar-refractivity contribution in [2.24, 2.45) is 0 Å². The van der Waals surface area contributed by atoms with Gasteiger partial charge in [-0.15, -0.1) is 0 Å². The van der Waals surface area contributed by atoms with Crippen molar-refractivity contribution in [3.05, 3.63) is 11.8 Å². The number of carbonyl (C=O) groups is 1. The fourth-order valence-electron chi connectivity index (χ4n) is 3.04. The van der Waals surface area contributed by atoms with E-state index in [1.165, 1.54) is 0 Å². The smallest absolute Gasteiger partial charge is 0.397 e. The van der Waals surface area contributed by atoms with Crippen molar-refractivity contribution in [3.8, 4) is 0 Å². The van der Waals surface area contributed by atoms with Crippen LogP contribution in [0, 0.1) is 0 Å². The van der Waals surface area contributed by atoms with Gasteiger partial charge in [0.05, 0.1) is 0 Å². The molecule has 1 aliphatic rings. The number of hydrogen-bond acceptors (Lipinski definition) is 7. The van der Waals surface area contributed by atoms with Crippen molar-refractivity contribution in [3.63, 3.8) is 0 Å². The van der Waals surface area contributed by atoms with Crippen molar-refractivity contribution >= 4 is 16.4 Å². The average Bonchev–Trinajstić information content (AvgIpc) is 2.57. The summed E-state index contributed by atoms with van der Waals surface area (Å²) < 4.78 is 40.5. The number of carboxylic acid groups (broad SMARTS) is 1. The van der Waals surface area contributed by atoms with Crippen LogP contribution in [-0.2, 0) is 24.1 Å². The fourth-order valence-corrected chi connectivity index (χ4v) is 3.56. The summed E-state index contributed by atoms with van der Waals surface area (Å²) in [5.41, 5.74) is 0. The minimum absolute atomic E-state index is 0.235. The van der Waals surface area contributed by atoms with Gasteiger partial charge in [0.2, 0.25) is 5.76 Å². The van der Waals surface area contributed by atoms with Crippen molar-refractivity contribution in [1.82, 2.24) is 0 Å². The average molecular weight is 410 g/mol. The van der Waals surface area contributed by atoms with Gasteiger partial charge in [0.25, 0.3) is 0 Å². The molecule has 1 rings (SSSR count). The zero-order chi connectivity index (χ0) is 20.3. The summed E-state index contributed by atoms with van der Waals surface area (Å²) in [6, 6.07) is 0. The monoisotopic (exact) mass is 410 g/mol. The van der Waals surface area contributed by atoms with Crippen LogP contribution in [0.4, 0.5) is 0 Å². The molecule has 1 aliphatic heterocycles. The molecule has 0 saturated heterocycles. The molecule has 0 aliphatic carbocycles. The Kier molecular flexibility index (Phi) is 10.9. The van der Waals surface area contributed by atoms with Gasteiger partial charge in [0.15, 0.2) is 0 Å². The normalized spacial score (nSPS) is 22.9. The van der Waals surface area contributed by atoms with E-state index >= 15 is 0 Å². The Bertz CT molecular complexity index is 573. The molecule has 0 aromatic carbocycles. The molecule has 0 amide bonds. The third kappa shape index (κ3) is 10.1. The summed E-state index contributed by atoms with van der Waals surface area (Å²) in [4.78, 5) is 11.1. The maximum Gasteiger partial charge on any atom is 0.397 e. The SMILES string of the molecule is O=C(O)C1=C[C@@H](O)C(OS(=O)(=O)O)[C@H](CCCCCCCCCCCO)O1. The number of aliphatic hydroxyl groups is 2. The van der Waals surface area contributed by atoms with Gasteiger partial charge in [-0.3, -0.25) is 4.55 Å². The second kappa shape index (κ2) is 12.3. The maximum atomic E-state index is 11.1. The lowest BCUT2D eigenvalue weighted by Crippen LogP contribution is -2.45. The van der Waals surface area contributed by atoms with Gasteiger partial charge in [0, 0.05) is 6.61 Å². The number of hydrogen-bond donors (Lipinski definition) is 4. The zero-order valence-electron chi connectivity index (χ0n) is 15.3. The second-order valence-corrected chi connectivity index (χ2v) is 7.71. The molecular formula is C17H30O9S. The van der Waals surface area contributed by atoms with Gasteiger partial charge in [0.1, 0.15) is 18.3 Å². The summed E-state index contributed by atoms with van der Waals surface area (Å²) in [6.07, 6.45) is 5.95. The maximum absolute atomic E-state index is 11.1. The third-order valence-corrected chi connectivity index (χ3v) is 4.86. The minimum Gasteiger partial charge on any atom is -0.480 e. The van der Waals surface area contributed by atoms with E-state index < -0.39 is 40.4 Å². The molecular weight excluding hydrogens is 380 g/mol. The molecule has 10 heteroatoms. The van der Waals surface area contributed by atoms with Gasteiger partial charge in [-0.25, -0.2) is 8.98 Å². The first-order valence-corrected chi connectivity index (χ1v) is 10.7. The van der Waals surface area contributed by atoms with Crippen LogP contribution in [0.15, 0.2) is 11.8 Å². The largest absolute Gasteiger partial charge is 0.480 e. The van der Waals surface area contributed by atoms with Gasteiger partial charge in [-0.2, -0.15) is 8.42 Å². The van der Waals surface area contributed by atoms with Gasteiger partial charge in [-0.1, -0.05) is 44.9 Å². The van der Waals surface area contributed by atoms with Gasteiger partial charge in [-0.05, 0) is 25.3 Å². The van der Waals surface area contributed by atoms with Crippen LogP contribution in [-0.4, -0.2) is 59.2 Å².